The zero-order chi connectivity index (χ0) is 24.9. The van der Waals surface area contributed by atoms with E-state index in [2.05, 4.69) is 79.6 Å². The normalized spacial score (nSPS) is 16.5. The summed E-state index contributed by atoms with van der Waals surface area (Å²) in [5.41, 5.74) is 6.56. The van der Waals surface area contributed by atoms with Gasteiger partial charge < -0.3 is 19.1 Å². The van der Waals surface area contributed by atoms with Gasteiger partial charge in [-0.1, -0.05) is 48.5 Å². The second-order valence-electron chi connectivity index (χ2n) is 9.49. The molecule has 1 N–H and O–H groups in total. The quantitative estimate of drug-likeness (QED) is 0.304. The van der Waals surface area contributed by atoms with Gasteiger partial charge in [-0.05, 0) is 30.9 Å². The van der Waals surface area contributed by atoms with Crippen LogP contribution in [0.3, 0.4) is 0 Å². The number of para-hydroxylation sites is 1. The lowest BCUT2D eigenvalue weighted by molar-refractivity contribution is 0.122. The minimum Gasteiger partial charge on any atom is -0.378 e. The highest BCUT2D eigenvalue weighted by molar-refractivity contribution is 5.99. The second-order valence-corrected chi connectivity index (χ2v) is 9.49. The van der Waals surface area contributed by atoms with Crippen LogP contribution in [0, 0.1) is 0 Å². The van der Waals surface area contributed by atoms with Crippen molar-refractivity contribution in [3.63, 3.8) is 0 Å². The Morgan fingerprint density at radius 2 is 1.51 bits per heavy atom. The molecule has 2 aliphatic rings. The number of aromatic nitrogens is 4. The molecule has 2 saturated heterocycles. The van der Waals surface area contributed by atoms with Gasteiger partial charge in [0.15, 0.2) is 0 Å². The monoisotopic (exact) mass is 496 g/mol. The first-order chi connectivity index (χ1) is 18.3. The number of hydrogen-bond acceptors (Lipinski definition) is 8. The summed E-state index contributed by atoms with van der Waals surface area (Å²) < 4.78 is 7.79. The van der Waals surface area contributed by atoms with Crippen LogP contribution in [0.2, 0.25) is 0 Å². The zero-order valence-corrected chi connectivity index (χ0v) is 21.0. The summed E-state index contributed by atoms with van der Waals surface area (Å²) in [5, 5.41) is 5.71. The number of nitrogens with zero attached hydrogens (tertiary/aromatic N) is 7. The number of morpholine rings is 1. The van der Waals surface area contributed by atoms with E-state index in [9.17, 15) is 0 Å². The van der Waals surface area contributed by atoms with Gasteiger partial charge >= 0.3 is 0 Å². The van der Waals surface area contributed by atoms with E-state index in [1.165, 1.54) is 17.5 Å². The Morgan fingerprint density at radius 3 is 2.30 bits per heavy atom. The molecule has 4 aromatic rings. The van der Waals surface area contributed by atoms with Gasteiger partial charge in [0.1, 0.15) is 0 Å². The molecular weight excluding hydrogens is 464 g/mol. The fourth-order valence-electron chi connectivity index (χ4n) is 4.99. The van der Waals surface area contributed by atoms with Crippen LogP contribution in [-0.2, 0) is 11.3 Å². The molecule has 2 aliphatic heterocycles. The third kappa shape index (κ3) is 5.41. The molecule has 9 heteroatoms. The van der Waals surface area contributed by atoms with Crippen molar-refractivity contribution in [2.75, 3.05) is 54.6 Å². The zero-order valence-electron chi connectivity index (χ0n) is 21.0. The highest BCUT2D eigenvalue weighted by Crippen LogP contribution is 2.23. The number of benzene rings is 2. The van der Waals surface area contributed by atoms with Crippen molar-refractivity contribution >= 4 is 35.0 Å². The van der Waals surface area contributed by atoms with Gasteiger partial charge in [0.25, 0.3) is 0 Å². The van der Waals surface area contributed by atoms with Gasteiger partial charge in [-0.3, -0.25) is 0 Å². The highest BCUT2D eigenvalue weighted by atomic mass is 16.5. The Morgan fingerprint density at radius 1 is 0.811 bits per heavy atom. The summed E-state index contributed by atoms with van der Waals surface area (Å²) in [6.07, 6.45) is 7.57. The van der Waals surface area contributed by atoms with Crippen LogP contribution in [-0.4, -0.2) is 65.1 Å². The molecule has 2 fully saturated rings. The largest absolute Gasteiger partial charge is 0.378 e. The maximum atomic E-state index is 5.52. The van der Waals surface area contributed by atoms with E-state index in [-0.39, 0.29) is 0 Å². The van der Waals surface area contributed by atoms with Gasteiger partial charge in [-0.25, -0.2) is 5.43 Å². The molecular formula is C28H32N8O. The average Bonchev–Trinajstić information content (AvgIpc) is 3.31. The Bertz CT molecular complexity index is 1320. The number of anilines is 3. The van der Waals surface area contributed by atoms with E-state index in [4.69, 9.17) is 19.7 Å². The lowest BCUT2D eigenvalue weighted by atomic mass is 10.1. The van der Waals surface area contributed by atoms with Crippen molar-refractivity contribution in [3.05, 3.63) is 71.9 Å². The molecule has 0 spiro atoms. The minimum absolute atomic E-state index is 0.460. The molecule has 0 amide bonds. The standard InChI is InChI=1S/C28H32N8O/c1-3-9-22(10-4-1)20-36-21-23(24-11-5-6-12-25(24)36)19-29-33-26-30-27(34-13-7-2-8-14-34)32-28(31-26)35-15-17-37-18-16-35/h1,3-6,9-12,19,21H,2,7-8,13-18,20H2,(H,30,31,32,33)/b29-19-. The predicted molar refractivity (Wildman–Crippen MR) is 148 cm³/mol. The molecule has 0 unspecified atom stereocenters. The molecule has 0 radical (unpaired) electrons. The summed E-state index contributed by atoms with van der Waals surface area (Å²) in [6.45, 7) is 5.64. The third-order valence-corrected chi connectivity index (χ3v) is 6.93. The van der Waals surface area contributed by atoms with E-state index in [0.717, 1.165) is 56.5 Å². The number of fused-ring (bicyclic) bond motifs is 1. The fraction of sp³-hybridized carbons (Fsp3) is 0.357. The van der Waals surface area contributed by atoms with Crippen LogP contribution in [0.5, 0.6) is 0 Å². The fourth-order valence-corrected chi connectivity index (χ4v) is 4.99. The van der Waals surface area contributed by atoms with Crippen LogP contribution in [0.25, 0.3) is 10.9 Å². The Kier molecular flexibility index (Phi) is 6.94. The van der Waals surface area contributed by atoms with Crippen molar-refractivity contribution in [2.24, 2.45) is 5.10 Å². The molecule has 190 valence electrons. The molecule has 0 bridgehead atoms. The molecule has 6 rings (SSSR count). The molecule has 9 nitrogen and oxygen atoms in total. The minimum atomic E-state index is 0.460. The average molecular weight is 497 g/mol. The molecule has 0 saturated carbocycles. The van der Waals surface area contributed by atoms with Gasteiger partial charge in [-0.15, -0.1) is 0 Å². The molecule has 2 aromatic carbocycles. The number of hydrazone groups is 1. The van der Waals surface area contributed by atoms with Crippen LogP contribution in [0.1, 0.15) is 30.4 Å². The first-order valence-electron chi connectivity index (χ1n) is 13.1. The van der Waals surface area contributed by atoms with Gasteiger partial charge in [-0.2, -0.15) is 20.1 Å². The lowest BCUT2D eigenvalue weighted by Crippen LogP contribution is -2.38. The van der Waals surface area contributed by atoms with E-state index in [0.29, 0.717) is 31.1 Å². The summed E-state index contributed by atoms with van der Waals surface area (Å²) in [6, 6.07) is 18.9. The van der Waals surface area contributed by atoms with E-state index in [1.54, 1.807) is 0 Å². The summed E-state index contributed by atoms with van der Waals surface area (Å²) in [4.78, 5) is 18.6. The van der Waals surface area contributed by atoms with Gasteiger partial charge in [0, 0.05) is 55.4 Å². The summed E-state index contributed by atoms with van der Waals surface area (Å²) >= 11 is 0. The summed E-state index contributed by atoms with van der Waals surface area (Å²) in [5.74, 6) is 1.85. The van der Waals surface area contributed by atoms with Crippen LogP contribution < -0.4 is 15.2 Å². The van der Waals surface area contributed by atoms with Crippen LogP contribution >= 0.6 is 0 Å². The van der Waals surface area contributed by atoms with Gasteiger partial charge in [0.05, 0.1) is 19.4 Å². The number of piperidine rings is 1. The SMILES string of the molecule is C(=N/Nc1nc(N2CCCCC2)nc(N2CCOCC2)n1)/c1cn(Cc2ccccc2)c2ccccc12. The van der Waals surface area contributed by atoms with Crippen molar-refractivity contribution in [1.82, 2.24) is 19.5 Å². The first-order valence-corrected chi connectivity index (χ1v) is 13.1. The van der Waals surface area contributed by atoms with Gasteiger partial charge in [0.2, 0.25) is 17.8 Å². The molecule has 0 atom stereocenters. The molecule has 37 heavy (non-hydrogen) atoms. The maximum Gasteiger partial charge on any atom is 0.250 e. The maximum absolute atomic E-state index is 5.52. The topological polar surface area (TPSA) is 83.7 Å². The smallest absolute Gasteiger partial charge is 0.250 e. The van der Waals surface area contributed by atoms with Crippen LogP contribution in [0.4, 0.5) is 17.8 Å². The highest BCUT2D eigenvalue weighted by Gasteiger charge is 2.20. The van der Waals surface area contributed by atoms with E-state index >= 15 is 0 Å². The number of rotatable bonds is 7. The van der Waals surface area contributed by atoms with E-state index < -0.39 is 0 Å². The predicted octanol–water partition coefficient (Wildman–Crippen LogP) is 4.15. The van der Waals surface area contributed by atoms with Crippen molar-refractivity contribution < 1.29 is 4.74 Å². The molecule has 0 aliphatic carbocycles. The van der Waals surface area contributed by atoms with Crippen LogP contribution in [0.15, 0.2) is 65.9 Å². The Labute approximate surface area is 216 Å². The number of nitrogens with one attached hydrogen (secondary N) is 1. The number of ether oxygens (including phenoxy) is 1. The number of hydrogen-bond donors (Lipinski definition) is 1. The third-order valence-electron chi connectivity index (χ3n) is 6.93. The summed E-state index contributed by atoms with van der Waals surface area (Å²) in [7, 11) is 0. The van der Waals surface area contributed by atoms with Crippen molar-refractivity contribution in [2.45, 2.75) is 25.8 Å². The lowest BCUT2D eigenvalue weighted by Gasteiger charge is -2.30. The second kappa shape index (κ2) is 11.0. The molecule has 4 heterocycles. The Hall–Kier alpha value is -3.98. The Balaban J connectivity index is 1.26. The van der Waals surface area contributed by atoms with E-state index in [1.807, 2.05) is 12.3 Å². The van der Waals surface area contributed by atoms with Crippen molar-refractivity contribution in [1.29, 1.82) is 0 Å². The molecule has 2 aromatic heterocycles. The first kappa shape index (κ1) is 23.4. The van der Waals surface area contributed by atoms with Crippen molar-refractivity contribution in [3.8, 4) is 0 Å².